The first-order chi connectivity index (χ1) is 14.5. The summed E-state index contributed by atoms with van der Waals surface area (Å²) >= 11 is 0. The highest BCUT2D eigenvalue weighted by Crippen LogP contribution is 2.48. The second-order valence-corrected chi connectivity index (χ2v) is 8.22. The summed E-state index contributed by atoms with van der Waals surface area (Å²) in [6.45, 7) is 9.60. The van der Waals surface area contributed by atoms with Gasteiger partial charge in [-0.15, -0.1) is 0 Å². The largest absolute Gasteiger partial charge is 0.465 e. The van der Waals surface area contributed by atoms with E-state index < -0.39 is 34.8 Å². The fraction of sp³-hybridized carbons (Fsp3) is 0.522. The molecule has 31 heavy (non-hydrogen) atoms. The molecule has 1 aromatic carbocycles. The van der Waals surface area contributed by atoms with Crippen LogP contribution in [-0.4, -0.2) is 48.2 Å². The molecule has 0 aromatic heterocycles. The van der Waals surface area contributed by atoms with Crippen molar-refractivity contribution in [3.05, 3.63) is 29.8 Å². The van der Waals surface area contributed by atoms with Crippen molar-refractivity contribution in [2.75, 3.05) is 13.2 Å². The molecule has 8 nitrogen and oxygen atoms in total. The van der Waals surface area contributed by atoms with Crippen LogP contribution < -0.4 is 0 Å². The molecule has 1 aliphatic rings. The Balaban J connectivity index is 2.84. The van der Waals surface area contributed by atoms with E-state index >= 15 is 0 Å². The average molecular weight is 431 g/mol. The first kappa shape index (κ1) is 24.2. The minimum atomic E-state index is -1.97. The van der Waals surface area contributed by atoms with Crippen LogP contribution in [0.2, 0.25) is 0 Å². The molecule has 8 heteroatoms. The molecule has 0 bridgehead atoms. The molecular formula is C23H29NO7. The molecule has 0 radical (unpaired) electrons. The average Bonchev–Trinajstić information content (AvgIpc) is 3.01. The standard InChI is InChI=1S/C23H29NO7/c1-7-29-20(27)18-23(21(28)30-8-2,15-11-9-10-12-17(15)24-18)16(13-14(3)25)19(26)31-22(4,5)6/h9-12,16H,7-8,13H2,1-6H3/t16-,23+/m1/s1. The number of esters is 3. The van der Waals surface area contributed by atoms with Crippen LogP contribution in [0.4, 0.5) is 5.69 Å². The third-order valence-corrected chi connectivity index (χ3v) is 4.71. The molecular weight excluding hydrogens is 402 g/mol. The van der Waals surface area contributed by atoms with Gasteiger partial charge in [-0.2, -0.15) is 0 Å². The number of hydrogen-bond acceptors (Lipinski definition) is 8. The zero-order valence-corrected chi connectivity index (χ0v) is 18.8. The van der Waals surface area contributed by atoms with Crippen LogP contribution in [0.25, 0.3) is 0 Å². The number of ketones is 1. The summed E-state index contributed by atoms with van der Waals surface area (Å²) in [5.74, 6) is -4.24. The minimum absolute atomic E-state index is 0.0000342. The first-order valence-electron chi connectivity index (χ1n) is 10.2. The Kier molecular flexibility index (Phi) is 7.36. The number of benzene rings is 1. The highest BCUT2D eigenvalue weighted by molar-refractivity contribution is 6.47. The Labute approximate surface area is 182 Å². The summed E-state index contributed by atoms with van der Waals surface area (Å²) in [5, 5.41) is 0. The summed E-state index contributed by atoms with van der Waals surface area (Å²) in [4.78, 5) is 56.4. The van der Waals surface area contributed by atoms with Gasteiger partial charge in [-0.25, -0.2) is 9.79 Å². The third kappa shape index (κ3) is 4.84. The Morgan fingerprint density at radius 3 is 2.19 bits per heavy atom. The first-order valence-corrected chi connectivity index (χ1v) is 10.2. The number of ether oxygens (including phenoxy) is 3. The van der Waals surface area contributed by atoms with Gasteiger partial charge < -0.3 is 19.0 Å². The second-order valence-electron chi connectivity index (χ2n) is 8.22. The van der Waals surface area contributed by atoms with E-state index in [1.54, 1.807) is 58.9 Å². The van der Waals surface area contributed by atoms with Gasteiger partial charge in [0, 0.05) is 12.0 Å². The van der Waals surface area contributed by atoms with Crippen molar-refractivity contribution in [1.82, 2.24) is 0 Å². The Morgan fingerprint density at radius 2 is 1.65 bits per heavy atom. The zero-order chi connectivity index (χ0) is 23.4. The van der Waals surface area contributed by atoms with Crippen molar-refractivity contribution < 1.29 is 33.4 Å². The zero-order valence-electron chi connectivity index (χ0n) is 18.8. The van der Waals surface area contributed by atoms with E-state index in [0.29, 0.717) is 11.3 Å². The van der Waals surface area contributed by atoms with E-state index in [0.717, 1.165) is 0 Å². The van der Waals surface area contributed by atoms with Crippen molar-refractivity contribution in [3.63, 3.8) is 0 Å². The molecule has 2 atom stereocenters. The number of carbonyl (C=O) groups excluding carboxylic acids is 4. The van der Waals surface area contributed by atoms with Crippen molar-refractivity contribution in [1.29, 1.82) is 0 Å². The Bertz CT molecular complexity index is 913. The van der Waals surface area contributed by atoms with Crippen LogP contribution in [-0.2, 0) is 38.8 Å². The van der Waals surface area contributed by atoms with Crippen LogP contribution in [0.15, 0.2) is 29.3 Å². The minimum Gasteiger partial charge on any atom is -0.465 e. The van der Waals surface area contributed by atoms with Gasteiger partial charge in [0.15, 0.2) is 5.41 Å². The number of hydrogen-bond donors (Lipinski definition) is 0. The van der Waals surface area contributed by atoms with Crippen LogP contribution in [0.1, 0.15) is 53.5 Å². The quantitative estimate of drug-likeness (QED) is 0.460. The molecule has 0 amide bonds. The fourth-order valence-electron chi connectivity index (χ4n) is 3.67. The molecule has 1 aromatic rings. The van der Waals surface area contributed by atoms with E-state index in [9.17, 15) is 19.2 Å². The lowest BCUT2D eigenvalue weighted by atomic mass is 9.66. The molecule has 2 rings (SSSR count). The van der Waals surface area contributed by atoms with Crippen molar-refractivity contribution in [3.8, 4) is 0 Å². The van der Waals surface area contributed by atoms with Gasteiger partial charge in [-0.3, -0.25) is 9.59 Å². The number of aliphatic imine (C=N–C) groups is 1. The number of rotatable bonds is 8. The lowest BCUT2D eigenvalue weighted by Crippen LogP contribution is -2.56. The summed E-state index contributed by atoms with van der Waals surface area (Å²) in [7, 11) is 0. The number of nitrogens with zero attached hydrogens (tertiary/aromatic N) is 1. The highest BCUT2D eigenvalue weighted by Gasteiger charge is 2.62. The van der Waals surface area contributed by atoms with Gasteiger partial charge in [0.2, 0.25) is 0 Å². The predicted molar refractivity (Wildman–Crippen MR) is 113 cm³/mol. The van der Waals surface area contributed by atoms with Gasteiger partial charge >= 0.3 is 17.9 Å². The van der Waals surface area contributed by atoms with E-state index in [1.165, 1.54) is 6.92 Å². The summed E-state index contributed by atoms with van der Waals surface area (Å²) in [5.41, 5.74) is -2.51. The van der Waals surface area contributed by atoms with E-state index in [2.05, 4.69) is 4.99 Å². The fourth-order valence-corrected chi connectivity index (χ4v) is 3.67. The van der Waals surface area contributed by atoms with E-state index in [-0.39, 0.29) is 31.1 Å². The van der Waals surface area contributed by atoms with Crippen LogP contribution >= 0.6 is 0 Å². The maximum absolute atomic E-state index is 13.5. The number of carbonyl (C=O) groups is 4. The number of Topliss-reactive ketones (excluding diaryl/α,β-unsaturated/α-hetero) is 1. The molecule has 0 unspecified atom stereocenters. The maximum Gasteiger partial charge on any atom is 0.354 e. The summed E-state index contributed by atoms with van der Waals surface area (Å²) < 4.78 is 16.1. The van der Waals surface area contributed by atoms with Crippen molar-refractivity contribution in [2.24, 2.45) is 10.9 Å². The molecule has 0 aliphatic carbocycles. The predicted octanol–water partition coefficient (Wildman–Crippen LogP) is 3.07. The van der Waals surface area contributed by atoms with E-state index in [4.69, 9.17) is 14.2 Å². The topological polar surface area (TPSA) is 108 Å². The second kappa shape index (κ2) is 9.41. The highest BCUT2D eigenvalue weighted by atomic mass is 16.6. The van der Waals surface area contributed by atoms with Crippen LogP contribution in [0.5, 0.6) is 0 Å². The number of fused-ring (bicyclic) bond motifs is 1. The summed E-state index contributed by atoms with van der Waals surface area (Å²) in [6, 6.07) is 6.57. The van der Waals surface area contributed by atoms with Crippen LogP contribution in [0, 0.1) is 5.92 Å². The van der Waals surface area contributed by atoms with Crippen molar-refractivity contribution >= 4 is 35.1 Å². The molecule has 0 spiro atoms. The lowest BCUT2D eigenvalue weighted by Gasteiger charge is -2.36. The SMILES string of the molecule is CCOC(=O)C1=Nc2ccccc2[C@]1(C(=O)OCC)[C@H](CC(C)=O)C(=O)OC(C)(C)C. The maximum atomic E-state index is 13.5. The lowest BCUT2D eigenvalue weighted by molar-refractivity contribution is -0.168. The van der Waals surface area contributed by atoms with E-state index in [1.807, 2.05) is 0 Å². The molecule has 1 aliphatic heterocycles. The Morgan fingerprint density at radius 1 is 1.03 bits per heavy atom. The number of para-hydroxylation sites is 1. The van der Waals surface area contributed by atoms with Gasteiger partial charge in [-0.05, 0) is 47.6 Å². The van der Waals surface area contributed by atoms with Gasteiger partial charge in [0.05, 0.1) is 24.8 Å². The molecule has 1 heterocycles. The third-order valence-electron chi connectivity index (χ3n) is 4.71. The summed E-state index contributed by atoms with van der Waals surface area (Å²) in [6.07, 6.45) is -0.347. The molecule has 0 saturated carbocycles. The Hall–Kier alpha value is -3.03. The normalized spacial score (nSPS) is 18.5. The molecule has 0 N–H and O–H groups in total. The van der Waals surface area contributed by atoms with Gasteiger partial charge in [-0.1, -0.05) is 18.2 Å². The smallest absolute Gasteiger partial charge is 0.354 e. The molecule has 0 fully saturated rings. The van der Waals surface area contributed by atoms with Gasteiger partial charge in [0.1, 0.15) is 17.1 Å². The monoisotopic (exact) mass is 431 g/mol. The van der Waals surface area contributed by atoms with Crippen molar-refractivity contribution in [2.45, 2.75) is 59.0 Å². The van der Waals surface area contributed by atoms with Crippen LogP contribution in [0.3, 0.4) is 0 Å². The molecule has 168 valence electrons. The molecule has 0 saturated heterocycles. The van der Waals surface area contributed by atoms with Gasteiger partial charge in [0.25, 0.3) is 0 Å².